The fraction of sp³-hybridized carbons (Fsp3) is 0.368. The van der Waals surface area contributed by atoms with Gasteiger partial charge in [-0.25, -0.2) is 4.39 Å². The molecule has 0 N–H and O–H groups in total. The van der Waals surface area contributed by atoms with Crippen LogP contribution in [0.4, 0.5) is 4.39 Å². The van der Waals surface area contributed by atoms with E-state index in [1.807, 2.05) is 23.1 Å². The average Bonchev–Trinajstić information content (AvgIpc) is 3.15. The molecule has 0 spiro atoms. The van der Waals surface area contributed by atoms with Crippen LogP contribution in [0.3, 0.4) is 0 Å². The summed E-state index contributed by atoms with van der Waals surface area (Å²) < 4.78 is 13.0. The number of fused-ring (bicyclic) bond motifs is 1. The van der Waals surface area contributed by atoms with Crippen molar-refractivity contribution in [3.05, 3.63) is 65.7 Å². The zero-order chi connectivity index (χ0) is 16.5. The number of amides is 1. The van der Waals surface area contributed by atoms with Crippen LogP contribution in [0.15, 0.2) is 48.8 Å². The van der Waals surface area contributed by atoms with Gasteiger partial charge < -0.3 is 4.90 Å². The van der Waals surface area contributed by atoms with Gasteiger partial charge in [-0.2, -0.15) is 0 Å². The summed E-state index contributed by atoms with van der Waals surface area (Å²) >= 11 is 0. The lowest BCUT2D eigenvalue weighted by molar-refractivity contribution is 0.0773. The van der Waals surface area contributed by atoms with Gasteiger partial charge in [-0.1, -0.05) is 12.1 Å². The molecule has 2 atom stereocenters. The van der Waals surface area contributed by atoms with Crippen molar-refractivity contribution in [1.82, 2.24) is 14.8 Å². The monoisotopic (exact) mass is 325 g/mol. The lowest BCUT2D eigenvalue weighted by atomic mass is 10.0. The lowest BCUT2D eigenvalue weighted by Crippen LogP contribution is -2.33. The van der Waals surface area contributed by atoms with Crippen molar-refractivity contribution < 1.29 is 9.18 Å². The molecule has 24 heavy (non-hydrogen) atoms. The summed E-state index contributed by atoms with van der Waals surface area (Å²) in [5.74, 6) is 0.960. The fourth-order valence-corrected chi connectivity index (χ4v) is 3.91. The third kappa shape index (κ3) is 3.04. The van der Waals surface area contributed by atoms with Crippen LogP contribution in [0.25, 0.3) is 0 Å². The molecule has 1 amide bonds. The van der Waals surface area contributed by atoms with Gasteiger partial charge in [0, 0.05) is 45.1 Å². The highest BCUT2D eigenvalue weighted by atomic mass is 19.1. The van der Waals surface area contributed by atoms with Crippen molar-refractivity contribution in [3.8, 4) is 0 Å². The van der Waals surface area contributed by atoms with E-state index in [0.29, 0.717) is 17.4 Å². The Morgan fingerprint density at radius 2 is 1.79 bits per heavy atom. The Hall–Kier alpha value is -2.27. The molecule has 4 nitrogen and oxygen atoms in total. The van der Waals surface area contributed by atoms with Crippen LogP contribution >= 0.6 is 0 Å². The Labute approximate surface area is 140 Å². The molecule has 0 aliphatic carbocycles. The second-order valence-corrected chi connectivity index (χ2v) is 6.79. The van der Waals surface area contributed by atoms with E-state index < -0.39 is 0 Å². The van der Waals surface area contributed by atoms with Crippen molar-refractivity contribution in [2.45, 2.75) is 6.54 Å². The molecule has 0 saturated carbocycles. The van der Waals surface area contributed by atoms with Crippen molar-refractivity contribution in [1.29, 1.82) is 0 Å². The smallest absolute Gasteiger partial charge is 0.255 e. The number of hydrogen-bond donors (Lipinski definition) is 0. The molecule has 1 aromatic carbocycles. The number of nitrogens with zero attached hydrogens (tertiary/aromatic N) is 3. The molecule has 124 valence electrons. The van der Waals surface area contributed by atoms with Gasteiger partial charge >= 0.3 is 0 Å². The molecule has 1 aromatic heterocycles. The number of likely N-dealkylation sites (tertiary alicyclic amines) is 2. The molecular weight excluding hydrogens is 305 g/mol. The third-order valence-corrected chi connectivity index (χ3v) is 5.08. The predicted octanol–water partition coefficient (Wildman–Crippen LogP) is 2.42. The van der Waals surface area contributed by atoms with Crippen molar-refractivity contribution in [2.75, 3.05) is 26.2 Å². The summed E-state index contributed by atoms with van der Waals surface area (Å²) in [6.07, 6.45) is 3.32. The third-order valence-electron chi connectivity index (χ3n) is 5.08. The molecule has 0 bridgehead atoms. The number of halogens is 1. The van der Waals surface area contributed by atoms with Gasteiger partial charge in [0.05, 0.1) is 5.56 Å². The Kier molecular flexibility index (Phi) is 4.02. The molecule has 0 unspecified atom stereocenters. The molecule has 5 heteroatoms. The first-order valence-corrected chi connectivity index (χ1v) is 8.35. The maximum atomic E-state index is 13.0. The largest absolute Gasteiger partial charge is 0.338 e. The van der Waals surface area contributed by atoms with Gasteiger partial charge in [-0.15, -0.1) is 0 Å². The number of aromatic nitrogens is 1. The first kappa shape index (κ1) is 15.3. The lowest BCUT2D eigenvalue weighted by Gasteiger charge is -2.21. The Morgan fingerprint density at radius 1 is 1.08 bits per heavy atom. The van der Waals surface area contributed by atoms with Crippen molar-refractivity contribution >= 4 is 5.91 Å². The summed E-state index contributed by atoms with van der Waals surface area (Å²) in [6.45, 7) is 4.48. The van der Waals surface area contributed by atoms with E-state index in [-0.39, 0.29) is 11.7 Å². The van der Waals surface area contributed by atoms with E-state index >= 15 is 0 Å². The number of benzene rings is 1. The van der Waals surface area contributed by atoms with Crippen molar-refractivity contribution in [3.63, 3.8) is 0 Å². The van der Waals surface area contributed by atoms with Gasteiger partial charge in [0.2, 0.25) is 0 Å². The van der Waals surface area contributed by atoms with Crippen LogP contribution in [0.2, 0.25) is 0 Å². The number of pyridine rings is 1. The highest BCUT2D eigenvalue weighted by Gasteiger charge is 2.41. The molecule has 2 aromatic rings. The molecule has 0 radical (unpaired) electrons. The Balaban J connectivity index is 1.35. The van der Waals surface area contributed by atoms with Crippen LogP contribution in [0, 0.1) is 17.7 Å². The minimum Gasteiger partial charge on any atom is -0.338 e. The van der Waals surface area contributed by atoms with E-state index in [9.17, 15) is 9.18 Å². The van der Waals surface area contributed by atoms with Crippen LogP contribution in [-0.2, 0) is 6.54 Å². The van der Waals surface area contributed by atoms with Crippen molar-refractivity contribution in [2.24, 2.45) is 11.8 Å². The maximum Gasteiger partial charge on any atom is 0.255 e. The van der Waals surface area contributed by atoms with E-state index in [1.165, 1.54) is 12.1 Å². The molecular formula is C19H20FN3O. The molecule has 2 saturated heterocycles. The summed E-state index contributed by atoms with van der Waals surface area (Å²) in [5.41, 5.74) is 1.81. The minimum atomic E-state index is -0.193. The van der Waals surface area contributed by atoms with Gasteiger partial charge in [0.25, 0.3) is 5.91 Å². The van der Waals surface area contributed by atoms with Gasteiger partial charge in [0.15, 0.2) is 0 Å². The zero-order valence-corrected chi connectivity index (χ0v) is 13.4. The van der Waals surface area contributed by atoms with Gasteiger partial charge in [0.1, 0.15) is 5.82 Å². The highest BCUT2D eigenvalue weighted by molar-refractivity contribution is 5.94. The second kappa shape index (κ2) is 6.32. The fourth-order valence-electron chi connectivity index (χ4n) is 3.91. The summed E-state index contributed by atoms with van der Waals surface area (Å²) in [5, 5.41) is 0. The molecule has 3 heterocycles. The van der Waals surface area contributed by atoms with Crippen LogP contribution in [-0.4, -0.2) is 46.9 Å². The second-order valence-electron chi connectivity index (χ2n) is 6.79. The van der Waals surface area contributed by atoms with Crippen LogP contribution < -0.4 is 0 Å². The quantitative estimate of drug-likeness (QED) is 0.870. The number of rotatable bonds is 3. The topological polar surface area (TPSA) is 36.4 Å². The zero-order valence-electron chi connectivity index (χ0n) is 13.4. The predicted molar refractivity (Wildman–Crippen MR) is 88.8 cm³/mol. The molecule has 2 aliphatic heterocycles. The normalized spacial score (nSPS) is 23.5. The highest BCUT2D eigenvalue weighted by Crippen LogP contribution is 2.32. The maximum absolute atomic E-state index is 13.0. The molecule has 2 fully saturated rings. The molecule has 2 aliphatic rings. The van der Waals surface area contributed by atoms with Gasteiger partial charge in [-0.3, -0.25) is 14.7 Å². The van der Waals surface area contributed by atoms with E-state index in [2.05, 4.69) is 9.88 Å². The standard InChI is InChI=1S/C19H20FN3O/c20-18-5-3-14(4-6-18)9-22-10-16-12-23(13-17(16)11-22)19(24)15-2-1-7-21-8-15/h1-8,16-17H,9-13H2/t16-,17+. The molecule has 4 rings (SSSR count). The summed E-state index contributed by atoms with van der Waals surface area (Å²) in [6, 6.07) is 10.4. The van der Waals surface area contributed by atoms with Crippen LogP contribution in [0.1, 0.15) is 15.9 Å². The Morgan fingerprint density at radius 3 is 2.42 bits per heavy atom. The number of hydrogen-bond acceptors (Lipinski definition) is 3. The van der Waals surface area contributed by atoms with Crippen LogP contribution in [0.5, 0.6) is 0 Å². The SMILES string of the molecule is O=C(c1cccnc1)N1C[C@H]2CN(Cc3ccc(F)cc3)C[C@H]2C1. The minimum absolute atomic E-state index is 0.0857. The first-order valence-electron chi connectivity index (χ1n) is 8.35. The van der Waals surface area contributed by atoms with E-state index in [1.54, 1.807) is 18.5 Å². The van der Waals surface area contributed by atoms with E-state index in [4.69, 9.17) is 0 Å². The first-order chi connectivity index (χ1) is 11.7. The number of carbonyl (C=O) groups is 1. The number of carbonyl (C=O) groups excluding carboxylic acids is 1. The van der Waals surface area contributed by atoms with Gasteiger partial charge in [-0.05, 0) is 41.7 Å². The summed E-state index contributed by atoms with van der Waals surface area (Å²) in [7, 11) is 0. The average molecular weight is 325 g/mol. The summed E-state index contributed by atoms with van der Waals surface area (Å²) in [4.78, 5) is 20.9. The Bertz CT molecular complexity index is 705. The van der Waals surface area contributed by atoms with E-state index in [0.717, 1.165) is 38.3 Å².